The molecule has 1 amide bonds. The van der Waals surface area contributed by atoms with Crippen LogP contribution in [0.25, 0.3) is 5.69 Å². The summed E-state index contributed by atoms with van der Waals surface area (Å²) in [4.78, 5) is 15.4. The zero-order valence-corrected chi connectivity index (χ0v) is 19.7. The van der Waals surface area contributed by atoms with E-state index in [9.17, 15) is 18.0 Å². The summed E-state index contributed by atoms with van der Waals surface area (Å²) in [7, 11) is 0. The molecule has 180 valence electrons. The summed E-state index contributed by atoms with van der Waals surface area (Å²) in [6, 6.07) is 21.3. The van der Waals surface area contributed by atoms with Crippen LogP contribution in [0.2, 0.25) is 10.0 Å². The first-order chi connectivity index (χ1) is 16.7. The molecule has 0 saturated carbocycles. The fourth-order valence-corrected chi connectivity index (χ4v) is 4.09. The van der Waals surface area contributed by atoms with Crippen LogP contribution in [0.5, 0.6) is 5.75 Å². The van der Waals surface area contributed by atoms with Gasteiger partial charge in [-0.2, -0.15) is 0 Å². The minimum absolute atomic E-state index is 0.129. The first-order valence-electron chi connectivity index (χ1n) is 10.5. The Morgan fingerprint density at radius 2 is 1.57 bits per heavy atom. The average Bonchev–Trinajstić information content (AvgIpc) is 3.35. The van der Waals surface area contributed by atoms with Gasteiger partial charge < -0.3 is 14.2 Å². The van der Waals surface area contributed by atoms with E-state index >= 15 is 0 Å². The van der Waals surface area contributed by atoms with Gasteiger partial charge in [-0.3, -0.25) is 4.79 Å². The first kappa shape index (κ1) is 24.7. The lowest BCUT2D eigenvalue weighted by Crippen LogP contribution is -2.31. The lowest BCUT2D eigenvalue weighted by molar-refractivity contribution is -0.274. The molecule has 0 radical (unpaired) electrons. The van der Waals surface area contributed by atoms with Crippen molar-refractivity contribution in [2.45, 2.75) is 19.5 Å². The standard InChI is InChI=1S/C26H19Cl2F3N2O2/c27-20-10-9-19(23(28)15-20)17-33(16-18-7-11-21(12-8-18)35-26(29,30)31)25(34)22-5-1-2-6-24(22)32-13-3-4-14-32/h1-15H,16-17H2. The molecule has 0 aliphatic carbocycles. The Kier molecular flexibility index (Phi) is 7.38. The van der Waals surface area contributed by atoms with Crippen LogP contribution in [-0.4, -0.2) is 21.7 Å². The second-order valence-electron chi connectivity index (χ2n) is 7.70. The maximum absolute atomic E-state index is 13.8. The van der Waals surface area contributed by atoms with Crippen LogP contribution in [0.15, 0.2) is 91.3 Å². The van der Waals surface area contributed by atoms with E-state index in [4.69, 9.17) is 23.2 Å². The summed E-state index contributed by atoms with van der Waals surface area (Å²) in [6.07, 6.45) is -1.10. The molecule has 0 saturated heterocycles. The molecule has 4 nitrogen and oxygen atoms in total. The van der Waals surface area contributed by atoms with E-state index < -0.39 is 6.36 Å². The highest BCUT2D eigenvalue weighted by Gasteiger charge is 2.31. The van der Waals surface area contributed by atoms with Crippen molar-refractivity contribution < 1.29 is 22.7 Å². The molecule has 0 aliphatic rings. The Balaban J connectivity index is 1.66. The van der Waals surface area contributed by atoms with E-state index in [1.54, 1.807) is 35.2 Å². The number of nitrogens with zero attached hydrogens (tertiary/aromatic N) is 2. The van der Waals surface area contributed by atoms with Gasteiger partial charge in [-0.25, -0.2) is 0 Å². The number of amides is 1. The molecule has 0 fully saturated rings. The maximum Gasteiger partial charge on any atom is 0.573 e. The summed E-state index contributed by atoms with van der Waals surface area (Å²) in [5, 5.41) is 0.873. The largest absolute Gasteiger partial charge is 0.573 e. The molecule has 3 aromatic carbocycles. The van der Waals surface area contributed by atoms with Crippen LogP contribution in [-0.2, 0) is 13.1 Å². The van der Waals surface area contributed by atoms with Crippen LogP contribution in [0.1, 0.15) is 21.5 Å². The van der Waals surface area contributed by atoms with Gasteiger partial charge >= 0.3 is 6.36 Å². The van der Waals surface area contributed by atoms with Crippen LogP contribution in [0.3, 0.4) is 0 Å². The van der Waals surface area contributed by atoms with E-state index in [2.05, 4.69) is 4.74 Å². The fourth-order valence-electron chi connectivity index (χ4n) is 3.62. The highest BCUT2D eigenvalue weighted by atomic mass is 35.5. The van der Waals surface area contributed by atoms with E-state index in [1.807, 2.05) is 41.2 Å². The van der Waals surface area contributed by atoms with Crippen LogP contribution >= 0.6 is 23.2 Å². The number of carbonyl (C=O) groups is 1. The van der Waals surface area contributed by atoms with E-state index in [-0.39, 0.29) is 24.7 Å². The number of benzene rings is 3. The van der Waals surface area contributed by atoms with Gasteiger partial charge in [-0.1, -0.05) is 53.5 Å². The molecule has 4 aromatic rings. The summed E-state index contributed by atoms with van der Waals surface area (Å²) >= 11 is 12.4. The molecule has 0 unspecified atom stereocenters. The number of alkyl halides is 3. The van der Waals surface area contributed by atoms with Gasteiger partial charge in [-0.05, 0) is 59.7 Å². The fraction of sp³-hybridized carbons (Fsp3) is 0.115. The Bertz CT molecular complexity index is 1310. The SMILES string of the molecule is O=C(c1ccccc1-n1cccc1)N(Cc1ccc(OC(F)(F)F)cc1)Cc1ccc(Cl)cc1Cl. The molecular formula is C26H19Cl2F3N2O2. The third-order valence-corrected chi connectivity index (χ3v) is 5.80. The smallest absolute Gasteiger partial charge is 0.406 e. The average molecular weight is 519 g/mol. The van der Waals surface area contributed by atoms with Gasteiger partial charge in [0.2, 0.25) is 0 Å². The van der Waals surface area contributed by atoms with Crippen molar-refractivity contribution >= 4 is 29.1 Å². The molecule has 0 N–H and O–H groups in total. The maximum atomic E-state index is 13.8. The van der Waals surface area contributed by atoms with Crippen molar-refractivity contribution in [2.75, 3.05) is 0 Å². The second kappa shape index (κ2) is 10.5. The van der Waals surface area contributed by atoms with Gasteiger partial charge in [0.15, 0.2) is 0 Å². The summed E-state index contributed by atoms with van der Waals surface area (Å²) in [5.74, 6) is -0.603. The molecule has 0 spiro atoms. The van der Waals surface area contributed by atoms with Crippen molar-refractivity contribution in [1.29, 1.82) is 0 Å². The van der Waals surface area contributed by atoms with Crippen molar-refractivity contribution in [1.82, 2.24) is 9.47 Å². The van der Waals surface area contributed by atoms with E-state index in [0.717, 1.165) is 0 Å². The zero-order valence-electron chi connectivity index (χ0n) is 18.2. The monoisotopic (exact) mass is 518 g/mol. The number of rotatable bonds is 7. The molecule has 1 aromatic heterocycles. The quantitative estimate of drug-likeness (QED) is 0.253. The highest BCUT2D eigenvalue weighted by Crippen LogP contribution is 2.27. The Morgan fingerprint density at radius 1 is 0.886 bits per heavy atom. The van der Waals surface area contributed by atoms with Gasteiger partial charge in [0.25, 0.3) is 5.91 Å². The first-order valence-corrected chi connectivity index (χ1v) is 11.3. The molecular weight excluding hydrogens is 500 g/mol. The predicted molar refractivity (Wildman–Crippen MR) is 129 cm³/mol. The number of ether oxygens (including phenoxy) is 1. The molecule has 1 heterocycles. The minimum atomic E-state index is -4.78. The molecule has 0 aliphatic heterocycles. The molecule has 0 atom stereocenters. The van der Waals surface area contributed by atoms with Crippen molar-refractivity contribution in [3.8, 4) is 11.4 Å². The Hall–Kier alpha value is -3.42. The van der Waals surface area contributed by atoms with Gasteiger partial charge in [0.1, 0.15) is 5.75 Å². The number of hydrogen-bond donors (Lipinski definition) is 0. The van der Waals surface area contributed by atoms with Gasteiger partial charge in [0.05, 0.1) is 11.3 Å². The predicted octanol–water partition coefficient (Wildman–Crippen LogP) is 7.53. The lowest BCUT2D eigenvalue weighted by Gasteiger charge is -2.25. The Labute approximate surface area is 210 Å². The number of halogens is 5. The number of aromatic nitrogens is 1. The van der Waals surface area contributed by atoms with Crippen molar-refractivity contribution in [3.05, 3.63) is 118 Å². The van der Waals surface area contributed by atoms with Crippen LogP contribution < -0.4 is 4.74 Å². The number of carbonyl (C=O) groups excluding carboxylic acids is 1. The van der Waals surface area contributed by atoms with Crippen LogP contribution in [0.4, 0.5) is 13.2 Å². The van der Waals surface area contributed by atoms with E-state index in [0.29, 0.717) is 32.4 Å². The summed E-state index contributed by atoms with van der Waals surface area (Å²) in [5.41, 5.74) is 2.46. The molecule has 0 bridgehead atoms. The molecule has 9 heteroatoms. The normalized spacial score (nSPS) is 11.3. The second-order valence-corrected chi connectivity index (χ2v) is 8.54. The topological polar surface area (TPSA) is 34.5 Å². The van der Waals surface area contributed by atoms with E-state index in [1.165, 1.54) is 24.3 Å². The summed E-state index contributed by atoms with van der Waals surface area (Å²) < 4.78 is 43.3. The van der Waals surface area contributed by atoms with Gasteiger partial charge in [-0.15, -0.1) is 13.2 Å². The minimum Gasteiger partial charge on any atom is -0.406 e. The number of hydrogen-bond acceptors (Lipinski definition) is 2. The molecule has 4 rings (SSSR count). The summed E-state index contributed by atoms with van der Waals surface area (Å²) in [6.45, 7) is 0.291. The molecule has 35 heavy (non-hydrogen) atoms. The zero-order chi connectivity index (χ0) is 25.0. The lowest BCUT2D eigenvalue weighted by atomic mass is 10.1. The van der Waals surface area contributed by atoms with Crippen molar-refractivity contribution in [2.24, 2.45) is 0 Å². The van der Waals surface area contributed by atoms with Crippen molar-refractivity contribution in [3.63, 3.8) is 0 Å². The van der Waals surface area contributed by atoms with Gasteiger partial charge in [0, 0.05) is 35.5 Å². The third-order valence-electron chi connectivity index (χ3n) is 5.21. The third kappa shape index (κ3) is 6.38. The Morgan fingerprint density at radius 3 is 2.23 bits per heavy atom. The number of para-hydroxylation sites is 1. The highest BCUT2D eigenvalue weighted by molar-refractivity contribution is 6.35. The van der Waals surface area contributed by atoms with Crippen LogP contribution in [0, 0.1) is 0 Å².